The number of fused-ring (bicyclic) bond motifs is 1. The van der Waals surface area contributed by atoms with E-state index in [1.807, 2.05) is 0 Å². The third-order valence-electron chi connectivity index (χ3n) is 3.54. The Morgan fingerprint density at radius 2 is 2.26 bits per heavy atom. The molecule has 4 heteroatoms. The number of nitrogens with one attached hydrogen (secondary N) is 1. The summed E-state index contributed by atoms with van der Waals surface area (Å²) >= 11 is 0. The quantitative estimate of drug-likeness (QED) is 0.834. The predicted molar refractivity (Wildman–Crippen MR) is 75.2 cm³/mol. The number of nitrogens with zero attached hydrogens (tertiary/aromatic N) is 2. The molecule has 100 valence electrons. The van der Waals surface area contributed by atoms with Crippen LogP contribution in [0.1, 0.15) is 37.6 Å². The molecule has 1 aliphatic rings. The van der Waals surface area contributed by atoms with Crippen molar-refractivity contribution in [1.82, 2.24) is 10.1 Å². The van der Waals surface area contributed by atoms with Crippen LogP contribution in [-0.2, 0) is 12.8 Å². The van der Waals surface area contributed by atoms with Crippen LogP contribution >= 0.6 is 0 Å². The Morgan fingerprint density at radius 3 is 3.16 bits per heavy atom. The minimum Gasteiger partial charge on any atom is -0.384 e. The molecule has 1 aliphatic heterocycles. The molecule has 0 radical (unpaired) electrons. The van der Waals surface area contributed by atoms with Gasteiger partial charge in [0.15, 0.2) is 0 Å². The van der Waals surface area contributed by atoms with E-state index in [4.69, 9.17) is 4.52 Å². The Labute approximate surface area is 113 Å². The highest BCUT2D eigenvalue weighted by atomic mass is 16.5. The lowest BCUT2D eigenvalue weighted by atomic mass is 10.1. The maximum atomic E-state index is 5.31. The van der Waals surface area contributed by atoms with Crippen molar-refractivity contribution < 1.29 is 4.52 Å². The van der Waals surface area contributed by atoms with Crippen molar-refractivity contribution in [2.45, 2.75) is 39.0 Å². The zero-order valence-electron chi connectivity index (χ0n) is 11.3. The second kappa shape index (κ2) is 5.43. The van der Waals surface area contributed by atoms with Gasteiger partial charge in [0.05, 0.1) is 0 Å². The summed E-state index contributed by atoms with van der Waals surface area (Å²) in [5.41, 5.74) is 3.62. The molecule has 0 amide bonds. The van der Waals surface area contributed by atoms with Crippen molar-refractivity contribution in [2.75, 3.05) is 11.9 Å². The molecule has 2 aromatic rings. The molecule has 4 nitrogen and oxygen atoms in total. The first-order valence-corrected chi connectivity index (χ1v) is 7.06. The van der Waals surface area contributed by atoms with Crippen molar-refractivity contribution in [1.29, 1.82) is 0 Å². The molecule has 3 rings (SSSR count). The van der Waals surface area contributed by atoms with Gasteiger partial charge in [-0.15, -0.1) is 0 Å². The van der Waals surface area contributed by atoms with E-state index in [2.05, 4.69) is 40.6 Å². The highest BCUT2D eigenvalue weighted by Gasteiger charge is 2.13. The van der Waals surface area contributed by atoms with Gasteiger partial charge in [-0.25, -0.2) is 0 Å². The normalized spacial score (nSPS) is 13.3. The van der Waals surface area contributed by atoms with Crippen molar-refractivity contribution in [3.05, 3.63) is 29.7 Å². The van der Waals surface area contributed by atoms with Crippen LogP contribution in [0.2, 0.25) is 0 Å². The largest absolute Gasteiger partial charge is 0.384 e. The Bertz CT molecular complexity index is 562. The van der Waals surface area contributed by atoms with E-state index in [1.54, 1.807) is 0 Å². The van der Waals surface area contributed by atoms with Crippen molar-refractivity contribution in [3.8, 4) is 11.4 Å². The van der Waals surface area contributed by atoms with E-state index in [0.29, 0.717) is 5.82 Å². The molecular formula is C15H19N3O. The smallest absolute Gasteiger partial charge is 0.226 e. The van der Waals surface area contributed by atoms with E-state index in [1.165, 1.54) is 24.1 Å². The van der Waals surface area contributed by atoms with Gasteiger partial charge in [-0.1, -0.05) is 24.9 Å². The monoisotopic (exact) mass is 257 g/mol. The third-order valence-corrected chi connectivity index (χ3v) is 3.54. The summed E-state index contributed by atoms with van der Waals surface area (Å²) < 4.78 is 5.31. The number of rotatable bonds is 5. The molecule has 1 aromatic heterocycles. The molecule has 19 heavy (non-hydrogen) atoms. The Balaban J connectivity index is 1.75. The summed E-state index contributed by atoms with van der Waals surface area (Å²) in [5.74, 6) is 1.46. The number of aryl methyl sites for hydroxylation is 1. The van der Waals surface area contributed by atoms with Gasteiger partial charge in [0.25, 0.3) is 0 Å². The standard InChI is InChI=1S/C15H19N3O/c1-2-3-4-5-14-17-15(18-19-14)12-6-7-13-11(10-12)8-9-16-13/h6-7,10,16H,2-5,8-9H2,1H3. The molecule has 0 aliphatic carbocycles. The van der Waals surface area contributed by atoms with Crippen molar-refractivity contribution >= 4 is 5.69 Å². The Hall–Kier alpha value is -1.84. The van der Waals surface area contributed by atoms with Gasteiger partial charge >= 0.3 is 0 Å². The fourth-order valence-corrected chi connectivity index (χ4v) is 2.44. The van der Waals surface area contributed by atoms with E-state index >= 15 is 0 Å². The van der Waals surface area contributed by atoms with Crippen LogP contribution in [0, 0.1) is 0 Å². The number of benzene rings is 1. The summed E-state index contributed by atoms with van der Waals surface area (Å²) in [6, 6.07) is 6.32. The lowest BCUT2D eigenvalue weighted by Crippen LogP contribution is -1.90. The number of unbranched alkanes of at least 4 members (excludes halogenated alkanes) is 2. The van der Waals surface area contributed by atoms with Gasteiger partial charge in [-0.2, -0.15) is 4.98 Å². The number of aromatic nitrogens is 2. The Kier molecular flexibility index (Phi) is 3.49. The maximum absolute atomic E-state index is 5.31. The van der Waals surface area contributed by atoms with E-state index in [9.17, 15) is 0 Å². The number of anilines is 1. The SMILES string of the molecule is CCCCCc1nc(-c2ccc3c(c2)CCN3)no1. The second-order valence-electron chi connectivity index (χ2n) is 5.02. The average molecular weight is 257 g/mol. The van der Waals surface area contributed by atoms with E-state index < -0.39 is 0 Å². The summed E-state index contributed by atoms with van der Waals surface area (Å²) in [6.45, 7) is 3.21. The van der Waals surface area contributed by atoms with Crippen LogP contribution in [0.3, 0.4) is 0 Å². The van der Waals surface area contributed by atoms with Crippen molar-refractivity contribution in [2.24, 2.45) is 0 Å². The van der Waals surface area contributed by atoms with Gasteiger partial charge < -0.3 is 9.84 Å². The maximum Gasteiger partial charge on any atom is 0.226 e. The lowest BCUT2D eigenvalue weighted by Gasteiger charge is -2.00. The highest BCUT2D eigenvalue weighted by Crippen LogP contribution is 2.27. The first-order chi connectivity index (χ1) is 9.36. The van der Waals surface area contributed by atoms with Gasteiger partial charge in [-0.05, 0) is 36.6 Å². The average Bonchev–Trinajstić information content (AvgIpc) is 3.06. The number of hydrogen-bond acceptors (Lipinski definition) is 4. The summed E-state index contributed by atoms with van der Waals surface area (Å²) in [7, 11) is 0. The van der Waals surface area contributed by atoms with E-state index in [0.717, 1.165) is 37.3 Å². The molecule has 0 saturated carbocycles. The highest BCUT2D eigenvalue weighted by molar-refractivity contribution is 5.65. The molecule has 1 aromatic carbocycles. The molecule has 1 N–H and O–H groups in total. The van der Waals surface area contributed by atoms with Crippen LogP contribution in [0.4, 0.5) is 5.69 Å². The molecule has 2 heterocycles. The van der Waals surface area contributed by atoms with E-state index in [-0.39, 0.29) is 0 Å². The van der Waals surface area contributed by atoms with Crippen LogP contribution in [0.5, 0.6) is 0 Å². The minimum atomic E-state index is 0.709. The topological polar surface area (TPSA) is 51.0 Å². The van der Waals surface area contributed by atoms with Gasteiger partial charge in [-0.3, -0.25) is 0 Å². The molecule has 0 spiro atoms. The molecule has 0 atom stereocenters. The van der Waals surface area contributed by atoms with Crippen LogP contribution in [0.25, 0.3) is 11.4 Å². The molecule has 0 saturated heterocycles. The van der Waals surface area contributed by atoms with Gasteiger partial charge in [0.1, 0.15) is 0 Å². The van der Waals surface area contributed by atoms with Crippen molar-refractivity contribution in [3.63, 3.8) is 0 Å². The summed E-state index contributed by atoms with van der Waals surface area (Å²) in [6.07, 6.45) is 5.49. The second-order valence-corrected chi connectivity index (χ2v) is 5.02. The Morgan fingerprint density at radius 1 is 1.32 bits per heavy atom. The van der Waals surface area contributed by atoms with Crippen LogP contribution < -0.4 is 5.32 Å². The van der Waals surface area contributed by atoms with Crippen LogP contribution in [0.15, 0.2) is 22.7 Å². The fourth-order valence-electron chi connectivity index (χ4n) is 2.44. The fraction of sp³-hybridized carbons (Fsp3) is 0.467. The third kappa shape index (κ3) is 2.62. The predicted octanol–water partition coefficient (Wildman–Crippen LogP) is 3.44. The molecule has 0 bridgehead atoms. The molecular weight excluding hydrogens is 238 g/mol. The first kappa shape index (κ1) is 12.2. The molecule has 0 unspecified atom stereocenters. The van der Waals surface area contributed by atoms with Gasteiger partial charge in [0, 0.05) is 24.2 Å². The molecule has 0 fully saturated rings. The number of hydrogen-bond donors (Lipinski definition) is 1. The van der Waals surface area contributed by atoms with Gasteiger partial charge in [0.2, 0.25) is 11.7 Å². The zero-order chi connectivity index (χ0) is 13.1. The zero-order valence-corrected chi connectivity index (χ0v) is 11.3. The summed E-state index contributed by atoms with van der Waals surface area (Å²) in [4.78, 5) is 4.48. The first-order valence-electron chi connectivity index (χ1n) is 7.06. The minimum absolute atomic E-state index is 0.709. The summed E-state index contributed by atoms with van der Waals surface area (Å²) in [5, 5.41) is 7.44. The van der Waals surface area contributed by atoms with Crippen LogP contribution in [-0.4, -0.2) is 16.7 Å². The lowest BCUT2D eigenvalue weighted by molar-refractivity contribution is 0.374.